The van der Waals surface area contributed by atoms with Crippen LogP contribution in [-0.2, 0) is 5.54 Å². The monoisotopic (exact) mass is 248 g/mol. The van der Waals surface area contributed by atoms with Crippen molar-refractivity contribution in [2.75, 3.05) is 11.5 Å². The summed E-state index contributed by atoms with van der Waals surface area (Å²) >= 11 is 1.76. The summed E-state index contributed by atoms with van der Waals surface area (Å²) in [7, 11) is 0. The van der Waals surface area contributed by atoms with E-state index < -0.39 is 5.54 Å². The number of nitriles is 1. The van der Waals surface area contributed by atoms with Crippen LogP contribution in [0, 0.1) is 17.2 Å². The number of nitrogens with zero attached hydrogens (tertiary/aromatic N) is 1. The second kappa shape index (κ2) is 6.68. The van der Waals surface area contributed by atoms with Crippen molar-refractivity contribution in [3.8, 4) is 6.07 Å². The van der Waals surface area contributed by atoms with Crippen molar-refractivity contribution in [1.82, 2.24) is 0 Å². The Kier molecular flexibility index (Phi) is 5.54. The van der Waals surface area contributed by atoms with Gasteiger partial charge in [0.05, 0.1) is 6.07 Å². The highest BCUT2D eigenvalue weighted by molar-refractivity contribution is 7.99. The van der Waals surface area contributed by atoms with Gasteiger partial charge in [0.1, 0.15) is 5.54 Å². The van der Waals surface area contributed by atoms with Crippen molar-refractivity contribution in [3.05, 3.63) is 35.9 Å². The number of hydrogen-bond donors (Lipinski definition) is 1. The Labute approximate surface area is 108 Å². The Morgan fingerprint density at radius 1 is 1.41 bits per heavy atom. The van der Waals surface area contributed by atoms with Crippen molar-refractivity contribution in [2.24, 2.45) is 11.7 Å². The van der Waals surface area contributed by atoms with Crippen molar-refractivity contribution in [3.63, 3.8) is 0 Å². The Morgan fingerprint density at radius 2 is 2.06 bits per heavy atom. The molecule has 2 N–H and O–H groups in total. The number of benzene rings is 1. The third-order valence-electron chi connectivity index (χ3n) is 2.92. The molecule has 0 aromatic heterocycles. The van der Waals surface area contributed by atoms with E-state index in [1.54, 1.807) is 11.8 Å². The van der Waals surface area contributed by atoms with Gasteiger partial charge in [-0.05, 0) is 17.2 Å². The summed E-state index contributed by atoms with van der Waals surface area (Å²) in [6.07, 6.45) is 1.17. The van der Waals surface area contributed by atoms with Crippen LogP contribution in [0.5, 0.6) is 0 Å². The molecule has 0 aliphatic heterocycles. The van der Waals surface area contributed by atoms with E-state index in [-0.39, 0.29) is 0 Å². The predicted octanol–water partition coefficient (Wildman–Crippen LogP) is 3.14. The molecule has 1 aromatic carbocycles. The van der Waals surface area contributed by atoms with Gasteiger partial charge in [-0.25, -0.2) is 0 Å². The zero-order valence-electron chi connectivity index (χ0n) is 10.5. The normalized spacial score (nSPS) is 15.9. The lowest BCUT2D eigenvalue weighted by Gasteiger charge is -2.22. The first-order valence-corrected chi connectivity index (χ1v) is 7.11. The van der Waals surface area contributed by atoms with Gasteiger partial charge in [0.25, 0.3) is 0 Å². The van der Waals surface area contributed by atoms with Gasteiger partial charge < -0.3 is 5.73 Å². The van der Waals surface area contributed by atoms with E-state index >= 15 is 0 Å². The van der Waals surface area contributed by atoms with Crippen LogP contribution < -0.4 is 5.73 Å². The summed E-state index contributed by atoms with van der Waals surface area (Å²) in [4.78, 5) is 0. The van der Waals surface area contributed by atoms with Crippen LogP contribution in [0.1, 0.15) is 25.8 Å². The molecule has 0 aliphatic rings. The van der Waals surface area contributed by atoms with Crippen molar-refractivity contribution >= 4 is 11.8 Å². The average molecular weight is 248 g/mol. The SMILES string of the molecule is CCC(C)CSCC(N)(C#N)c1ccccc1. The average Bonchev–Trinajstić information content (AvgIpc) is 2.39. The molecular weight excluding hydrogens is 228 g/mol. The van der Waals surface area contributed by atoms with Gasteiger partial charge in [0.2, 0.25) is 0 Å². The molecule has 2 nitrogen and oxygen atoms in total. The molecule has 0 fully saturated rings. The first-order chi connectivity index (χ1) is 8.12. The Morgan fingerprint density at radius 3 is 2.59 bits per heavy atom. The third kappa shape index (κ3) is 4.07. The lowest BCUT2D eigenvalue weighted by atomic mass is 9.95. The Hall–Kier alpha value is -0.980. The molecule has 0 bridgehead atoms. The summed E-state index contributed by atoms with van der Waals surface area (Å²) in [6.45, 7) is 4.41. The highest BCUT2D eigenvalue weighted by Gasteiger charge is 2.26. The second-order valence-corrected chi connectivity index (χ2v) is 5.51. The molecule has 1 aromatic rings. The number of thioether (sulfide) groups is 1. The van der Waals surface area contributed by atoms with Crippen LogP contribution in [0.15, 0.2) is 30.3 Å². The topological polar surface area (TPSA) is 49.8 Å². The molecule has 0 spiro atoms. The maximum Gasteiger partial charge on any atom is 0.138 e. The van der Waals surface area contributed by atoms with Crippen LogP contribution >= 0.6 is 11.8 Å². The minimum absolute atomic E-state index is 0.651. The number of hydrogen-bond acceptors (Lipinski definition) is 3. The minimum atomic E-state index is -0.862. The molecule has 1 rings (SSSR count). The third-order valence-corrected chi connectivity index (χ3v) is 4.38. The van der Waals surface area contributed by atoms with Gasteiger partial charge in [-0.15, -0.1) is 0 Å². The van der Waals surface area contributed by atoms with Gasteiger partial charge in [0, 0.05) is 5.75 Å². The largest absolute Gasteiger partial charge is 0.309 e. The summed E-state index contributed by atoms with van der Waals surface area (Å²) < 4.78 is 0. The summed E-state index contributed by atoms with van der Waals surface area (Å²) in [5.74, 6) is 2.39. The van der Waals surface area contributed by atoms with Crippen LogP contribution in [0.3, 0.4) is 0 Å². The lowest BCUT2D eigenvalue weighted by Crippen LogP contribution is -2.37. The summed E-state index contributed by atoms with van der Waals surface area (Å²) in [6, 6.07) is 11.9. The van der Waals surface area contributed by atoms with Crippen LogP contribution in [-0.4, -0.2) is 11.5 Å². The molecule has 0 aliphatic carbocycles. The van der Waals surface area contributed by atoms with E-state index in [9.17, 15) is 5.26 Å². The van der Waals surface area contributed by atoms with Gasteiger partial charge in [-0.2, -0.15) is 17.0 Å². The molecule has 3 heteroatoms. The minimum Gasteiger partial charge on any atom is -0.309 e. The molecule has 0 heterocycles. The molecule has 2 unspecified atom stereocenters. The lowest BCUT2D eigenvalue weighted by molar-refractivity contribution is 0.628. The zero-order chi connectivity index (χ0) is 12.7. The van der Waals surface area contributed by atoms with Crippen LogP contribution in [0.25, 0.3) is 0 Å². The smallest absolute Gasteiger partial charge is 0.138 e. The Bertz CT molecular complexity index is 372. The highest BCUT2D eigenvalue weighted by atomic mass is 32.2. The van der Waals surface area contributed by atoms with E-state index in [1.165, 1.54) is 6.42 Å². The molecule has 0 radical (unpaired) electrons. The molecule has 0 saturated carbocycles. The van der Waals surface area contributed by atoms with Gasteiger partial charge in [-0.1, -0.05) is 50.6 Å². The van der Waals surface area contributed by atoms with E-state index in [1.807, 2.05) is 30.3 Å². The van der Waals surface area contributed by atoms with E-state index in [2.05, 4.69) is 19.9 Å². The van der Waals surface area contributed by atoms with Gasteiger partial charge >= 0.3 is 0 Å². The van der Waals surface area contributed by atoms with Crippen molar-refractivity contribution < 1.29 is 0 Å². The maximum atomic E-state index is 9.27. The second-order valence-electron chi connectivity index (χ2n) is 4.48. The summed E-state index contributed by atoms with van der Waals surface area (Å²) in [5.41, 5.74) is 6.20. The summed E-state index contributed by atoms with van der Waals surface area (Å²) in [5, 5.41) is 9.27. The fraction of sp³-hybridized carbons (Fsp3) is 0.500. The van der Waals surface area contributed by atoms with E-state index in [0.29, 0.717) is 11.7 Å². The molecule has 17 heavy (non-hydrogen) atoms. The van der Waals surface area contributed by atoms with Crippen LogP contribution in [0.4, 0.5) is 0 Å². The quantitative estimate of drug-likeness (QED) is 0.841. The van der Waals surface area contributed by atoms with Crippen molar-refractivity contribution in [1.29, 1.82) is 5.26 Å². The van der Waals surface area contributed by atoms with Gasteiger partial charge in [-0.3, -0.25) is 0 Å². The Balaban J connectivity index is 2.62. The first-order valence-electron chi connectivity index (χ1n) is 5.95. The van der Waals surface area contributed by atoms with Crippen molar-refractivity contribution in [2.45, 2.75) is 25.8 Å². The van der Waals surface area contributed by atoms with E-state index in [0.717, 1.165) is 11.3 Å². The number of rotatable bonds is 6. The van der Waals surface area contributed by atoms with E-state index in [4.69, 9.17) is 5.73 Å². The number of nitrogens with two attached hydrogens (primary N) is 1. The molecule has 0 amide bonds. The first kappa shape index (κ1) is 14.1. The van der Waals surface area contributed by atoms with Gasteiger partial charge in [0.15, 0.2) is 0 Å². The fourth-order valence-electron chi connectivity index (χ4n) is 1.45. The highest BCUT2D eigenvalue weighted by Crippen LogP contribution is 2.24. The maximum absolute atomic E-state index is 9.27. The zero-order valence-corrected chi connectivity index (χ0v) is 11.3. The molecular formula is C14H20N2S. The predicted molar refractivity (Wildman–Crippen MR) is 74.7 cm³/mol. The van der Waals surface area contributed by atoms with Crippen LogP contribution in [0.2, 0.25) is 0 Å². The fourth-order valence-corrected chi connectivity index (χ4v) is 2.76. The molecule has 2 atom stereocenters. The standard InChI is InChI=1S/C14H20N2S/c1-3-12(2)9-17-11-14(16,10-15)13-7-5-4-6-8-13/h4-8,12H,3,9,11,16H2,1-2H3. The molecule has 92 valence electrons. The molecule has 0 saturated heterocycles.